The van der Waals surface area contributed by atoms with Gasteiger partial charge in [-0.3, -0.25) is 0 Å². The Morgan fingerprint density at radius 1 is 1.33 bits per heavy atom. The van der Waals surface area contributed by atoms with Crippen molar-refractivity contribution in [2.45, 2.75) is 19.4 Å². The molecule has 84 valence electrons. The maximum Gasteiger partial charge on any atom is 0.119 e. The lowest BCUT2D eigenvalue weighted by molar-refractivity contribution is 0.175. The predicted octanol–water partition coefficient (Wildman–Crippen LogP) is 2.87. The van der Waals surface area contributed by atoms with E-state index in [-0.39, 0.29) is 6.10 Å². The molecule has 1 atom stereocenters. The lowest BCUT2D eigenvalue weighted by atomic mass is 10.1. The lowest BCUT2D eigenvalue weighted by Gasteiger charge is -2.10. The molecule has 0 aliphatic heterocycles. The SMILES string of the molecule is CCOc1ccc(C(O)CCSC)cc1. The molecule has 1 aromatic carbocycles. The number of thioether (sulfide) groups is 1. The van der Waals surface area contributed by atoms with Gasteiger partial charge in [0.2, 0.25) is 0 Å². The van der Waals surface area contributed by atoms with Gasteiger partial charge in [0.1, 0.15) is 5.75 Å². The molecule has 0 bridgehead atoms. The molecule has 0 saturated heterocycles. The van der Waals surface area contributed by atoms with Crippen molar-refractivity contribution in [1.29, 1.82) is 0 Å². The zero-order valence-electron chi connectivity index (χ0n) is 9.27. The van der Waals surface area contributed by atoms with Crippen LogP contribution in [0.4, 0.5) is 0 Å². The molecular formula is C12H18O2S. The number of ether oxygens (including phenoxy) is 1. The molecule has 0 spiro atoms. The van der Waals surface area contributed by atoms with Gasteiger partial charge in [-0.25, -0.2) is 0 Å². The predicted molar refractivity (Wildman–Crippen MR) is 65.6 cm³/mol. The average Bonchev–Trinajstić information content (AvgIpc) is 2.27. The smallest absolute Gasteiger partial charge is 0.119 e. The fourth-order valence-corrected chi connectivity index (χ4v) is 1.81. The minimum absolute atomic E-state index is 0.354. The van der Waals surface area contributed by atoms with Crippen LogP contribution in [0.25, 0.3) is 0 Å². The maximum atomic E-state index is 9.82. The van der Waals surface area contributed by atoms with Gasteiger partial charge in [0.05, 0.1) is 12.7 Å². The molecule has 1 unspecified atom stereocenters. The summed E-state index contributed by atoms with van der Waals surface area (Å²) in [6, 6.07) is 7.66. The molecule has 0 radical (unpaired) electrons. The van der Waals surface area contributed by atoms with Gasteiger partial charge < -0.3 is 9.84 Å². The van der Waals surface area contributed by atoms with Crippen LogP contribution in [0.5, 0.6) is 5.75 Å². The van der Waals surface area contributed by atoms with E-state index in [2.05, 4.69) is 0 Å². The van der Waals surface area contributed by atoms with E-state index in [0.717, 1.165) is 23.5 Å². The summed E-state index contributed by atoms with van der Waals surface area (Å²) in [6.07, 6.45) is 2.49. The van der Waals surface area contributed by atoms with E-state index in [4.69, 9.17) is 4.74 Å². The highest BCUT2D eigenvalue weighted by Crippen LogP contribution is 2.21. The molecule has 0 aliphatic rings. The minimum atomic E-state index is -0.354. The molecule has 3 heteroatoms. The van der Waals surface area contributed by atoms with Crippen molar-refractivity contribution in [2.24, 2.45) is 0 Å². The van der Waals surface area contributed by atoms with Crippen LogP contribution in [0.3, 0.4) is 0 Å². The van der Waals surface area contributed by atoms with Gasteiger partial charge in [-0.1, -0.05) is 12.1 Å². The number of hydrogen-bond acceptors (Lipinski definition) is 3. The summed E-state index contributed by atoms with van der Waals surface area (Å²) in [5.74, 6) is 1.84. The third-order valence-corrected chi connectivity index (χ3v) is 2.82. The normalized spacial score (nSPS) is 12.5. The molecular weight excluding hydrogens is 208 g/mol. The van der Waals surface area contributed by atoms with Gasteiger partial charge in [0.15, 0.2) is 0 Å². The van der Waals surface area contributed by atoms with Gasteiger partial charge in [0.25, 0.3) is 0 Å². The quantitative estimate of drug-likeness (QED) is 0.808. The fraction of sp³-hybridized carbons (Fsp3) is 0.500. The average molecular weight is 226 g/mol. The summed E-state index contributed by atoms with van der Waals surface area (Å²) in [5, 5.41) is 9.82. The Morgan fingerprint density at radius 2 is 2.00 bits per heavy atom. The molecule has 15 heavy (non-hydrogen) atoms. The first-order chi connectivity index (χ1) is 7.27. The van der Waals surface area contributed by atoms with Crippen LogP contribution in [-0.2, 0) is 0 Å². The van der Waals surface area contributed by atoms with E-state index < -0.39 is 0 Å². The Kier molecular flexibility index (Phi) is 5.58. The van der Waals surface area contributed by atoms with Crippen molar-refractivity contribution in [2.75, 3.05) is 18.6 Å². The zero-order valence-corrected chi connectivity index (χ0v) is 10.1. The van der Waals surface area contributed by atoms with Gasteiger partial charge in [0, 0.05) is 0 Å². The van der Waals surface area contributed by atoms with E-state index in [1.54, 1.807) is 11.8 Å². The number of aliphatic hydroxyl groups excluding tert-OH is 1. The first-order valence-electron chi connectivity index (χ1n) is 5.17. The van der Waals surface area contributed by atoms with Gasteiger partial charge in [-0.15, -0.1) is 0 Å². The molecule has 0 fully saturated rings. The summed E-state index contributed by atoms with van der Waals surface area (Å²) >= 11 is 1.75. The van der Waals surface area contributed by atoms with Crippen LogP contribution in [0.1, 0.15) is 25.0 Å². The lowest BCUT2D eigenvalue weighted by Crippen LogP contribution is -1.99. The molecule has 2 nitrogen and oxygen atoms in total. The van der Waals surface area contributed by atoms with E-state index in [0.29, 0.717) is 6.61 Å². The molecule has 1 rings (SSSR count). The zero-order chi connectivity index (χ0) is 11.1. The third kappa shape index (κ3) is 4.14. The van der Waals surface area contributed by atoms with E-state index in [1.165, 1.54) is 0 Å². The molecule has 1 aromatic rings. The van der Waals surface area contributed by atoms with Crippen molar-refractivity contribution in [1.82, 2.24) is 0 Å². The largest absolute Gasteiger partial charge is 0.494 e. The number of rotatable bonds is 6. The molecule has 0 heterocycles. The van der Waals surface area contributed by atoms with Crippen LogP contribution in [0.2, 0.25) is 0 Å². The summed E-state index contributed by atoms with van der Waals surface area (Å²) in [7, 11) is 0. The van der Waals surface area contributed by atoms with Crippen molar-refractivity contribution in [3.05, 3.63) is 29.8 Å². The topological polar surface area (TPSA) is 29.5 Å². The summed E-state index contributed by atoms with van der Waals surface area (Å²) in [6.45, 7) is 2.63. The second-order valence-electron chi connectivity index (χ2n) is 3.30. The van der Waals surface area contributed by atoms with Gasteiger partial charge in [-0.2, -0.15) is 11.8 Å². The highest BCUT2D eigenvalue weighted by atomic mass is 32.2. The van der Waals surface area contributed by atoms with Crippen LogP contribution in [-0.4, -0.2) is 23.7 Å². The van der Waals surface area contributed by atoms with Crippen LogP contribution >= 0.6 is 11.8 Å². The van der Waals surface area contributed by atoms with Gasteiger partial charge in [-0.05, 0) is 43.0 Å². The maximum absolute atomic E-state index is 9.82. The Hall–Kier alpha value is -0.670. The summed E-state index contributed by atoms with van der Waals surface area (Å²) in [4.78, 5) is 0. The molecule has 0 amide bonds. The number of hydrogen-bond donors (Lipinski definition) is 1. The molecule has 0 aliphatic carbocycles. The second-order valence-corrected chi connectivity index (χ2v) is 4.28. The van der Waals surface area contributed by atoms with Crippen molar-refractivity contribution >= 4 is 11.8 Å². The van der Waals surface area contributed by atoms with Crippen LogP contribution in [0.15, 0.2) is 24.3 Å². The number of benzene rings is 1. The number of aliphatic hydroxyl groups is 1. The molecule has 1 N–H and O–H groups in total. The highest BCUT2D eigenvalue weighted by molar-refractivity contribution is 7.98. The Bertz CT molecular complexity index is 271. The van der Waals surface area contributed by atoms with E-state index >= 15 is 0 Å². The highest BCUT2D eigenvalue weighted by Gasteiger charge is 2.06. The minimum Gasteiger partial charge on any atom is -0.494 e. The monoisotopic (exact) mass is 226 g/mol. The summed E-state index contributed by atoms with van der Waals surface area (Å²) in [5.41, 5.74) is 0.965. The third-order valence-electron chi connectivity index (χ3n) is 2.17. The van der Waals surface area contributed by atoms with Gasteiger partial charge >= 0.3 is 0 Å². The Labute approximate surface area is 95.7 Å². The van der Waals surface area contributed by atoms with Crippen molar-refractivity contribution < 1.29 is 9.84 Å². The molecule has 0 aromatic heterocycles. The van der Waals surface area contributed by atoms with Crippen LogP contribution in [0, 0.1) is 0 Å². The Balaban J connectivity index is 2.54. The Morgan fingerprint density at radius 3 is 2.53 bits per heavy atom. The first-order valence-corrected chi connectivity index (χ1v) is 6.57. The molecule has 0 saturated carbocycles. The standard InChI is InChI=1S/C12H18O2S/c1-3-14-11-6-4-10(5-7-11)12(13)8-9-15-2/h4-7,12-13H,3,8-9H2,1-2H3. The first kappa shape index (κ1) is 12.4. The van der Waals surface area contributed by atoms with Crippen molar-refractivity contribution in [3.8, 4) is 5.75 Å². The van der Waals surface area contributed by atoms with Crippen LogP contribution < -0.4 is 4.74 Å². The van der Waals surface area contributed by atoms with E-state index in [9.17, 15) is 5.11 Å². The fourth-order valence-electron chi connectivity index (χ4n) is 1.35. The van der Waals surface area contributed by atoms with E-state index in [1.807, 2.05) is 37.4 Å². The van der Waals surface area contributed by atoms with Crippen molar-refractivity contribution in [3.63, 3.8) is 0 Å². The second kappa shape index (κ2) is 6.75. The summed E-state index contributed by atoms with van der Waals surface area (Å²) < 4.78 is 5.34.